The van der Waals surface area contributed by atoms with Crippen molar-refractivity contribution >= 4 is 22.5 Å². The summed E-state index contributed by atoms with van der Waals surface area (Å²) in [5.74, 6) is 4.85. The van der Waals surface area contributed by atoms with Crippen LogP contribution in [0.2, 0.25) is 0 Å². The number of ether oxygens (including phenoxy) is 4. The number of benzene rings is 2. The molecule has 0 N–H and O–H groups in total. The molecule has 0 fully saturated rings. The fourth-order valence-electron chi connectivity index (χ4n) is 3.49. The molecule has 0 heterocycles. The number of hydrogen-bond acceptors (Lipinski definition) is 5. The summed E-state index contributed by atoms with van der Waals surface area (Å²) in [6.07, 6.45) is 4.41. The first-order valence-electron chi connectivity index (χ1n) is 10.4. The van der Waals surface area contributed by atoms with Crippen LogP contribution in [0.4, 0.5) is 0 Å². The molecule has 0 radical (unpaired) electrons. The summed E-state index contributed by atoms with van der Waals surface area (Å²) in [6.45, 7) is 8.81. The second kappa shape index (κ2) is 11.4. The molecule has 0 aliphatic rings. The SMILES string of the molecule is COc1ccc(OC)c2c(OC)c(C(CC=C(C)C)SCCC(C)C)cc(OC)c12. The van der Waals surface area contributed by atoms with Gasteiger partial charge >= 0.3 is 0 Å². The van der Waals surface area contributed by atoms with Crippen molar-refractivity contribution in [1.29, 1.82) is 0 Å². The van der Waals surface area contributed by atoms with Gasteiger partial charge in [-0.05, 0) is 56.6 Å². The molecule has 0 spiro atoms. The first-order valence-corrected chi connectivity index (χ1v) is 11.5. The van der Waals surface area contributed by atoms with Gasteiger partial charge in [0.05, 0.1) is 39.2 Å². The monoisotopic (exact) mass is 432 g/mol. The van der Waals surface area contributed by atoms with Crippen LogP contribution in [-0.4, -0.2) is 34.2 Å². The molecule has 0 aliphatic heterocycles. The van der Waals surface area contributed by atoms with E-state index in [4.69, 9.17) is 18.9 Å². The minimum absolute atomic E-state index is 0.253. The normalized spacial score (nSPS) is 12.0. The molecule has 1 atom stereocenters. The summed E-state index contributed by atoms with van der Waals surface area (Å²) in [5.41, 5.74) is 2.44. The Bertz CT molecular complexity index is 869. The van der Waals surface area contributed by atoms with Crippen molar-refractivity contribution in [1.82, 2.24) is 0 Å². The molecule has 1 unspecified atom stereocenters. The predicted molar refractivity (Wildman–Crippen MR) is 129 cm³/mol. The predicted octanol–water partition coefficient (Wildman–Crippen LogP) is 7.05. The van der Waals surface area contributed by atoms with E-state index in [1.54, 1.807) is 28.4 Å². The van der Waals surface area contributed by atoms with Crippen molar-refractivity contribution in [2.45, 2.75) is 45.8 Å². The van der Waals surface area contributed by atoms with Gasteiger partial charge in [-0.1, -0.05) is 25.5 Å². The average Bonchev–Trinajstić information content (AvgIpc) is 2.73. The summed E-state index contributed by atoms with van der Waals surface area (Å²) in [5, 5.41) is 2.01. The molecule has 0 aromatic heterocycles. The molecule has 4 nitrogen and oxygen atoms in total. The quantitative estimate of drug-likeness (QED) is 0.356. The molecule has 5 heteroatoms. The Balaban J connectivity index is 2.73. The number of rotatable bonds is 11. The van der Waals surface area contributed by atoms with Crippen molar-refractivity contribution in [2.24, 2.45) is 5.92 Å². The first kappa shape index (κ1) is 24.3. The largest absolute Gasteiger partial charge is 0.496 e. The smallest absolute Gasteiger partial charge is 0.135 e. The molecular formula is C25H36O4S. The van der Waals surface area contributed by atoms with Crippen LogP contribution in [0.3, 0.4) is 0 Å². The standard InChI is InChI=1S/C25H36O4S/c1-16(2)9-12-22(30-14-13-17(3)4)18-15-21(28-7)23-19(26-5)10-11-20(27-6)24(23)25(18)29-8/h9-11,15,17,22H,12-14H2,1-8H3. The van der Waals surface area contributed by atoms with Gasteiger partial charge in [-0.15, -0.1) is 0 Å². The van der Waals surface area contributed by atoms with Crippen molar-refractivity contribution in [2.75, 3.05) is 34.2 Å². The summed E-state index contributed by atoms with van der Waals surface area (Å²) < 4.78 is 23.1. The lowest BCUT2D eigenvalue weighted by Crippen LogP contribution is -2.04. The van der Waals surface area contributed by atoms with E-state index in [1.165, 1.54) is 12.0 Å². The van der Waals surface area contributed by atoms with Gasteiger partial charge in [0, 0.05) is 10.8 Å². The fraction of sp³-hybridized carbons (Fsp3) is 0.520. The van der Waals surface area contributed by atoms with Crippen molar-refractivity contribution < 1.29 is 18.9 Å². The lowest BCUT2D eigenvalue weighted by molar-refractivity contribution is 0.389. The van der Waals surface area contributed by atoms with Crippen LogP contribution >= 0.6 is 11.8 Å². The Morgan fingerprint density at radius 2 is 1.50 bits per heavy atom. The maximum absolute atomic E-state index is 5.99. The van der Waals surface area contributed by atoms with Crippen LogP contribution in [-0.2, 0) is 0 Å². The Labute approximate surface area is 185 Å². The zero-order valence-electron chi connectivity index (χ0n) is 19.6. The van der Waals surface area contributed by atoms with Gasteiger partial charge in [-0.25, -0.2) is 0 Å². The van der Waals surface area contributed by atoms with Gasteiger partial charge < -0.3 is 18.9 Å². The summed E-state index contributed by atoms with van der Waals surface area (Å²) in [7, 11) is 6.76. The van der Waals surface area contributed by atoms with Crippen molar-refractivity contribution in [3.05, 3.63) is 35.4 Å². The van der Waals surface area contributed by atoms with Gasteiger partial charge in [-0.3, -0.25) is 0 Å². The minimum Gasteiger partial charge on any atom is -0.496 e. The highest BCUT2D eigenvalue weighted by atomic mass is 32.2. The third-order valence-electron chi connectivity index (χ3n) is 5.12. The second-order valence-electron chi connectivity index (χ2n) is 7.98. The first-order chi connectivity index (χ1) is 14.4. The third kappa shape index (κ3) is 5.57. The fourth-order valence-corrected chi connectivity index (χ4v) is 4.97. The lowest BCUT2D eigenvalue weighted by Gasteiger charge is -2.23. The molecule has 0 bridgehead atoms. The Morgan fingerprint density at radius 1 is 0.900 bits per heavy atom. The molecule has 0 saturated heterocycles. The highest BCUT2D eigenvalue weighted by Crippen LogP contribution is 2.50. The molecule has 0 amide bonds. The molecule has 0 aliphatic carbocycles. The van der Waals surface area contributed by atoms with Gasteiger partial charge in [0.1, 0.15) is 23.0 Å². The van der Waals surface area contributed by atoms with E-state index in [1.807, 2.05) is 23.9 Å². The van der Waals surface area contributed by atoms with Crippen molar-refractivity contribution in [3.63, 3.8) is 0 Å². The Kier molecular flexibility index (Phi) is 9.22. The Hall–Kier alpha value is -2.01. The second-order valence-corrected chi connectivity index (χ2v) is 9.29. The van der Waals surface area contributed by atoms with E-state index in [0.717, 1.165) is 51.5 Å². The van der Waals surface area contributed by atoms with Crippen LogP contribution < -0.4 is 18.9 Å². The zero-order chi connectivity index (χ0) is 22.3. The van der Waals surface area contributed by atoms with Gasteiger partial charge in [0.25, 0.3) is 0 Å². The molecular weight excluding hydrogens is 396 g/mol. The summed E-state index contributed by atoms with van der Waals surface area (Å²) in [4.78, 5) is 0. The molecule has 166 valence electrons. The molecule has 2 aromatic carbocycles. The van der Waals surface area contributed by atoms with Crippen LogP contribution in [0.15, 0.2) is 29.8 Å². The lowest BCUT2D eigenvalue weighted by atomic mass is 9.98. The van der Waals surface area contributed by atoms with Crippen LogP contribution in [0, 0.1) is 5.92 Å². The summed E-state index contributed by atoms with van der Waals surface area (Å²) >= 11 is 1.97. The minimum atomic E-state index is 0.253. The molecule has 0 saturated carbocycles. The van der Waals surface area contributed by atoms with E-state index in [2.05, 4.69) is 39.8 Å². The maximum Gasteiger partial charge on any atom is 0.135 e. The maximum atomic E-state index is 5.99. The topological polar surface area (TPSA) is 36.9 Å². The van der Waals surface area contributed by atoms with Gasteiger partial charge in [0.15, 0.2) is 0 Å². The van der Waals surface area contributed by atoms with Crippen LogP contribution in [0.1, 0.15) is 51.3 Å². The van der Waals surface area contributed by atoms with E-state index in [9.17, 15) is 0 Å². The average molecular weight is 433 g/mol. The van der Waals surface area contributed by atoms with E-state index >= 15 is 0 Å². The molecule has 2 aromatic rings. The number of methoxy groups -OCH3 is 4. The van der Waals surface area contributed by atoms with Gasteiger partial charge in [-0.2, -0.15) is 11.8 Å². The third-order valence-corrected chi connectivity index (χ3v) is 6.44. The summed E-state index contributed by atoms with van der Waals surface area (Å²) in [6, 6.07) is 5.93. The zero-order valence-corrected chi connectivity index (χ0v) is 20.4. The molecule has 2 rings (SSSR count). The number of thioether (sulfide) groups is 1. The number of allylic oxidation sites excluding steroid dienone is 2. The molecule has 30 heavy (non-hydrogen) atoms. The van der Waals surface area contributed by atoms with E-state index in [-0.39, 0.29) is 5.25 Å². The van der Waals surface area contributed by atoms with Crippen LogP contribution in [0.25, 0.3) is 10.8 Å². The number of hydrogen-bond donors (Lipinski definition) is 0. The Morgan fingerprint density at radius 3 is 2.00 bits per heavy atom. The van der Waals surface area contributed by atoms with E-state index < -0.39 is 0 Å². The van der Waals surface area contributed by atoms with Gasteiger partial charge in [0.2, 0.25) is 0 Å². The van der Waals surface area contributed by atoms with E-state index in [0.29, 0.717) is 5.92 Å². The highest BCUT2D eigenvalue weighted by molar-refractivity contribution is 7.99. The highest BCUT2D eigenvalue weighted by Gasteiger charge is 2.25. The number of fused-ring (bicyclic) bond motifs is 1. The van der Waals surface area contributed by atoms with Crippen molar-refractivity contribution in [3.8, 4) is 23.0 Å². The van der Waals surface area contributed by atoms with Crippen LogP contribution in [0.5, 0.6) is 23.0 Å².